The Labute approximate surface area is 122 Å². The van der Waals surface area contributed by atoms with Gasteiger partial charge in [-0.1, -0.05) is 19.1 Å². The molecule has 2 heterocycles. The molecule has 0 aromatic carbocycles. The number of nitrogens with one attached hydrogen (secondary N) is 2. The van der Waals surface area contributed by atoms with Gasteiger partial charge in [-0.2, -0.15) is 0 Å². The van der Waals surface area contributed by atoms with Crippen molar-refractivity contribution in [2.24, 2.45) is 11.3 Å². The lowest BCUT2D eigenvalue weighted by Crippen LogP contribution is -2.46. The first-order chi connectivity index (χ1) is 9.95. The third kappa shape index (κ3) is 3.21. The quantitative estimate of drug-likeness (QED) is 0.666. The van der Waals surface area contributed by atoms with Crippen molar-refractivity contribution in [2.75, 3.05) is 19.6 Å². The Bertz CT molecular complexity index is 520. The molecule has 0 radical (unpaired) electrons. The number of carboxylic acids is 1. The van der Waals surface area contributed by atoms with Crippen LogP contribution in [0.5, 0.6) is 0 Å². The molecule has 1 aromatic rings. The van der Waals surface area contributed by atoms with Crippen molar-refractivity contribution in [2.45, 2.75) is 26.8 Å². The monoisotopic (exact) mass is 295 g/mol. The topological polar surface area (TPSA) is 109 Å². The van der Waals surface area contributed by atoms with E-state index < -0.39 is 5.97 Å². The second kappa shape index (κ2) is 6.21. The van der Waals surface area contributed by atoms with E-state index in [2.05, 4.69) is 34.8 Å². The standard InChI is InChI=1S/C13H21N5O3/c1-9(2)13(3-4-14-8-13)12(21)15-5-6-18-7-10(11(19)20)16-17-18/h7,9,14H,3-6,8H2,1-2H3,(H,15,21)(H,19,20). The highest BCUT2D eigenvalue weighted by Gasteiger charge is 2.43. The number of hydrogen-bond donors (Lipinski definition) is 3. The largest absolute Gasteiger partial charge is 0.476 e. The summed E-state index contributed by atoms with van der Waals surface area (Å²) in [5, 5.41) is 22.2. The van der Waals surface area contributed by atoms with Crippen molar-refractivity contribution in [3.05, 3.63) is 11.9 Å². The molecular weight excluding hydrogens is 274 g/mol. The molecule has 1 unspecified atom stereocenters. The van der Waals surface area contributed by atoms with E-state index in [0.717, 1.165) is 13.0 Å². The summed E-state index contributed by atoms with van der Waals surface area (Å²) in [4.78, 5) is 23.1. The number of rotatable bonds is 6. The van der Waals surface area contributed by atoms with E-state index in [4.69, 9.17) is 5.11 Å². The highest BCUT2D eigenvalue weighted by atomic mass is 16.4. The van der Waals surface area contributed by atoms with E-state index in [0.29, 0.717) is 19.6 Å². The van der Waals surface area contributed by atoms with Gasteiger partial charge >= 0.3 is 5.97 Å². The Kier molecular flexibility index (Phi) is 4.56. The molecule has 1 aliphatic heterocycles. The minimum Gasteiger partial charge on any atom is -0.476 e. The predicted octanol–water partition coefficient (Wildman–Crippen LogP) is -0.272. The second-order valence-corrected chi connectivity index (χ2v) is 5.67. The summed E-state index contributed by atoms with van der Waals surface area (Å²) in [6.07, 6.45) is 2.19. The molecule has 1 amide bonds. The first kappa shape index (κ1) is 15.4. The molecule has 1 aliphatic rings. The van der Waals surface area contributed by atoms with Gasteiger partial charge in [0.15, 0.2) is 5.69 Å². The molecule has 116 valence electrons. The van der Waals surface area contributed by atoms with Crippen LogP contribution >= 0.6 is 0 Å². The maximum Gasteiger partial charge on any atom is 0.358 e. The molecule has 8 heteroatoms. The molecule has 8 nitrogen and oxygen atoms in total. The molecule has 1 aromatic heterocycles. The van der Waals surface area contributed by atoms with Crippen molar-refractivity contribution in [1.82, 2.24) is 25.6 Å². The van der Waals surface area contributed by atoms with E-state index >= 15 is 0 Å². The van der Waals surface area contributed by atoms with Crippen LogP contribution in [-0.2, 0) is 11.3 Å². The van der Waals surface area contributed by atoms with E-state index in [9.17, 15) is 9.59 Å². The van der Waals surface area contributed by atoms with Crippen LogP contribution in [0.4, 0.5) is 0 Å². The van der Waals surface area contributed by atoms with Crippen LogP contribution in [-0.4, -0.2) is 51.6 Å². The Hall–Kier alpha value is -1.96. The van der Waals surface area contributed by atoms with Gasteiger partial charge in [-0.15, -0.1) is 5.10 Å². The lowest BCUT2D eigenvalue weighted by molar-refractivity contribution is -0.132. The lowest BCUT2D eigenvalue weighted by Gasteiger charge is -2.31. The van der Waals surface area contributed by atoms with Gasteiger partial charge in [0.25, 0.3) is 0 Å². The second-order valence-electron chi connectivity index (χ2n) is 5.67. The molecule has 0 spiro atoms. The van der Waals surface area contributed by atoms with Gasteiger partial charge < -0.3 is 15.7 Å². The zero-order valence-electron chi connectivity index (χ0n) is 12.3. The van der Waals surface area contributed by atoms with Crippen molar-refractivity contribution < 1.29 is 14.7 Å². The number of aromatic nitrogens is 3. The highest BCUT2D eigenvalue weighted by molar-refractivity contribution is 5.84. The number of aromatic carboxylic acids is 1. The van der Waals surface area contributed by atoms with Crippen LogP contribution in [0.2, 0.25) is 0 Å². The summed E-state index contributed by atoms with van der Waals surface area (Å²) in [6.45, 7) is 6.47. The number of amides is 1. The van der Waals surface area contributed by atoms with Gasteiger partial charge in [-0.05, 0) is 18.9 Å². The number of carbonyl (C=O) groups is 2. The predicted molar refractivity (Wildman–Crippen MR) is 74.7 cm³/mol. The first-order valence-electron chi connectivity index (χ1n) is 7.08. The summed E-state index contributed by atoms with van der Waals surface area (Å²) >= 11 is 0. The molecule has 3 N–H and O–H groups in total. The summed E-state index contributed by atoms with van der Waals surface area (Å²) in [6, 6.07) is 0. The summed E-state index contributed by atoms with van der Waals surface area (Å²) < 4.78 is 1.42. The highest BCUT2D eigenvalue weighted by Crippen LogP contribution is 2.34. The summed E-state index contributed by atoms with van der Waals surface area (Å²) in [5.41, 5.74) is -0.450. The van der Waals surface area contributed by atoms with Crippen LogP contribution in [0.15, 0.2) is 6.20 Å². The van der Waals surface area contributed by atoms with Crippen molar-refractivity contribution in [3.63, 3.8) is 0 Å². The first-order valence-corrected chi connectivity index (χ1v) is 7.08. The molecular formula is C13H21N5O3. The zero-order valence-corrected chi connectivity index (χ0v) is 12.3. The van der Waals surface area contributed by atoms with Gasteiger partial charge in [0.2, 0.25) is 5.91 Å². The van der Waals surface area contributed by atoms with Crippen LogP contribution in [0.25, 0.3) is 0 Å². The Morgan fingerprint density at radius 2 is 2.33 bits per heavy atom. The molecule has 0 bridgehead atoms. The van der Waals surface area contributed by atoms with Gasteiger partial charge in [0.05, 0.1) is 18.2 Å². The zero-order chi connectivity index (χ0) is 15.5. The minimum absolute atomic E-state index is 0.0427. The average Bonchev–Trinajstić information content (AvgIpc) is 3.08. The van der Waals surface area contributed by atoms with E-state index in [1.54, 1.807) is 0 Å². The fourth-order valence-corrected chi connectivity index (χ4v) is 2.63. The van der Waals surface area contributed by atoms with Crippen molar-refractivity contribution in [1.29, 1.82) is 0 Å². The van der Waals surface area contributed by atoms with Crippen LogP contribution < -0.4 is 10.6 Å². The molecule has 1 fully saturated rings. The van der Waals surface area contributed by atoms with Crippen LogP contribution in [0.3, 0.4) is 0 Å². The third-order valence-corrected chi connectivity index (χ3v) is 4.13. The maximum atomic E-state index is 12.4. The Morgan fingerprint density at radius 3 is 2.86 bits per heavy atom. The van der Waals surface area contributed by atoms with Crippen molar-refractivity contribution >= 4 is 11.9 Å². The lowest BCUT2D eigenvalue weighted by atomic mass is 9.75. The van der Waals surface area contributed by atoms with Crippen LogP contribution in [0, 0.1) is 11.3 Å². The molecule has 21 heavy (non-hydrogen) atoms. The molecule has 2 rings (SSSR count). The molecule has 0 aliphatic carbocycles. The fourth-order valence-electron chi connectivity index (χ4n) is 2.63. The van der Waals surface area contributed by atoms with E-state index in [-0.39, 0.29) is 22.9 Å². The molecule has 1 saturated heterocycles. The van der Waals surface area contributed by atoms with E-state index in [1.165, 1.54) is 10.9 Å². The Balaban J connectivity index is 1.87. The maximum absolute atomic E-state index is 12.4. The third-order valence-electron chi connectivity index (χ3n) is 4.13. The Morgan fingerprint density at radius 1 is 1.57 bits per heavy atom. The number of carboxylic acid groups (broad SMARTS) is 1. The van der Waals surface area contributed by atoms with Gasteiger partial charge in [-0.25, -0.2) is 9.48 Å². The molecule has 1 atom stereocenters. The van der Waals surface area contributed by atoms with E-state index in [1.807, 2.05) is 0 Å². The minimum atomic E-state index is -1.11. The summed E-state index contributed by atoms with van der Waals surface area (Å²) in [5.74, 6) is -0.806. The normalized spacial score (nSPS) is 21.7. The summed E-state index contributed by atoms with van der Waals surface area (Å²) in [7, 11) is 0. The number of hydrogen-bond acceptors (Lipinski definition) is 5. The van der Waals surface area contributed by atoms with Gasteiger partial charge in [0.1, 0.15) is 0 Å². The van der Waals surface area contributed by atoms with Gasteiger partial charge in [0, 0.05) is 13.1 Å². The SMILES string of the molecule is CC(C)C1(C(=O)NCCn2cc(C(=O)O)nn2)CCNC1. The van der Waals surface area contributed by atoms with Gasteiger partial charge in [-0.3, -0.25) is 4.79 Å². The molecule has 0 saturated carbocycles. The number of carbonyl (C=O) groups excluding carboxylic acids is 1. The smallest absolute Gasteiger partial charge is 0.358 e. The van der Waals surface area contributed by atoms with Crippen molar-refractivity contribution in [3.8, 4) is 0 Å². The number of nitrogens with zero attached hydrogens (tertiary/aromatic N) is 3. The van der Waals surface area contributed by atoms with Crippen LogP contribution in [0.1, 0.15) is 30.8 Å². The fraction of sp³-hybridized carbons (Fsp3) is 0.692. The average molecular weight is 295 g/mol.